The third kappa shape index (κ3) is 3.14. The molecule has 1 aliphatic heterocycles. The number of rotatable bonds is 3. The minimum Gasteiger partial charge on any atom is -0.311 e. The molecule has 116 valence electrons. The maximum Gasteiger partial charge on any atom is 0.127 e. The molecular formula is C18H27FN2. The van der Waals surface area contributed by atoms with Crippen LogP contribution >= 0.6 is 0 Å². The highest BCUT2D eigenvalue weighted by molar-refractivity contribution is 5.18. The monoisotopic (exact) mass is 290 g/mol. The average Bonchev–Trinajstić information content (AvgIpc) is 2.53. The highest BCUT2D eigenvalue weighted by Crippen LogP contribution is 2.36. The van der Waals surface area contributed by atoms with E-state index < -0.39 is 0 Å². The molecule has 0 amide bonds. The van der Waals surface area contributed by atoms with Gasteiger partial charge in [0.2, 0.25) is 0 Å². The summed E-state index contributed by atoms with van der Waals surface area (Å²) in [7, 11) is 0. The summed E-state index contributed by atoms with van der Waals surface area (Å²) in [6.07, 6.45) is 7.63. The van der Waals surface area contributed by atoms with Crippen molar-refractivity contribution in [3.8, 4) is 0 Å². The van der Waals surface area contributed by atoms with Crippen molar-refractivity contribution in [2.75, 3.05) is 13.1 Å². The van der Waals surface area contributed by atoms with Gasteiger partial charge >= 0.3 is 0 Å². The van der Waals surface area contributed by atoms with E-state index in [9.17, 15) is 4.39 Å². The van der Waals surface area contributed by atoms with Crippen LogP contribution in [-0.4, -0.2) is 29.6 Å². The van der Waals surface area contributed by atoms with Crippen LogP contribution in [-0.2, 0) is 6.54 Å². The normalized spacial score (nSPS) is 26.1. The number of nitrogens with zero attached hydrogens (tertiary/aromatic N) is 1. The molecule has 1 aliphatic carbocycles. The Morgan fingerprint density at radius 2 is 2.00 bits per heavy atom. The van der Waals surface area contributed by atoms with Crippen LogP contribution in [0.5, 0.6) is 0 Å². The van der Waals surface area contributed by atoms with Gasteiger partial charge in [0.1, 0.15) is 5.82 Å². The molecule has 0 bridgehead atoms. The highest BCUT2D eigenvalue weighted by Gasteiger charge is 2.41. The fourth-order valence-electron chi connectivity index (χ4n) is 4.01. The Morgan fingerprint density at radius 1 is 1.24 bits per heavy atom. The molecule has 1 spiro atoms. The van der Waals surface area contributed by atoms with Crippen LogP contribution in [0.25, 0.3) is 0 Å². The van der Waals surface area contributed by atoms with E-state index in [1.165, 1.54) is 32.1 Å². The summed E-state index contributed by atoms with van der Waals surface area (Å²) in [4.78, 5) is 2.58. The first kappa shape index (κ1) is 15.0. The zero-order chi connectivity index (χ0) is 14.7. The van der Waals surface area contributed by atoms with Gasteiger partial charge in [-0.1, -0.05) is 44.4 Å². The van der Waals surface area contributed by atoms with Crippen LogP contribution in [0.15, 0.2) is 24.3 Å². The highest BCUT2D eigenvalue weighted by atomic mass is 19.1. The fourth-order valence-corrected chi connectivity index (χ4v) is 4.01. The predicted octanol–water partition coefficient (Wildman–Crippen LogP) is 3.71. The minimum absolute atomic E-state index is 0.0601. The summed E-state index contributed by atoms with van der Waals surface area (Å²) in [5, 5.41) is 3.72. The molecule has 2 nitrogen and oxygen atoms in total. The van der Waals surface area contributed by atoms with Crippen molar-refractivity contribution in [2.45, 2.75) is 63.6 Å². The Bertz CT molecular complexity index is 468. The van der Waals surface area contributed by atoms with Crippen molar-refractivity contribution in [2.24, 2.45) is 0 Å². The summed E-state index contributed by atoms with van der Waals surface area (Å²) in [6, 6.07) is 7.80. The minimum atomic E-state index is -0.0601. The van der Waals surface area contributed by atoms with Crippen LogP contribution in [0, 0.1) is 5.82 Å². The number of piperazine rings is 1. The Kier molecular flexibility index (Phi) is 4.60. The van der Waals surface area contributed by atoms with Gasteiger partial charge in [-0.25, -0.2) is 4.39 Å². The van der Waals surface area contributed by atoms with E-state index in [1.54, 1.807) is 12.1 Å². The third-order valence-corrected chi connectivity index (χ3v) is 5.43. The fraction of sp³-hybridized carbons (Fsp3) is 0.667. The van der Waals surface area contributed by atoms with Gasteiger partial charge < -0.3 is 5.32 Å². The predicted molar refractivity (Wildman–Crippen MR) is 84.7 cm³/mol. The molecule has 3 rings (SSSR count). The lowest BCUT2D eigenvalue weighted by atomic mass is 9.78. The Labute approximate surface area is 127 Å². The molecule has 0 radical (unpaired) electrons. The summed E-state index contributed by atoms with van der Waals surface area (Å²) in [6.45, 7) is 5.10. The summed E-state index contributed by atoms with van der Waals surface area (Å²) < 4.78 is 14.0. The van der Waals surface area contributed by atoms with E-state index in [0.29, 0.717) is 6.04 Å². The molecule has 0 aromatic heterocycles. The van der Waals surface area contributed by atoms with Crippen molar-refractivity contribution >= 4 is 0 Å². The first-order chi connectivity index (χ1) is 10.2. The zero-order valence-electron chi connectivity index (χ0n) is 13.1. The molecule has 1 heterocycles. The second kappa shape index (κ2) is 6.45. The molecule has 2 aliphatic rings. The van der Waals surface area contributed by atoms with Gasteiger partial charge in [-0.05, 0) is 25.3 Å². The molecule has 21 heavy (non-hydrogen) atoms. The van der Waals surface area contributed by atoms with Gasteiger partial charge in [-0.3, -0.25) is 4.90 Å². The second-order valence-corrected chi connectivity index (χ2v) is 6.74. The number of benzene rings is 1. The summed E-state index contributed by atoms with van der Waals surface area (Å²) in [5.41, 5.74) is 1.10. The van der Waals surface area contributed by atoms with Gasteiger partial charge in [0.15, 0.2) is 0 Å². The topological polar surface area (TPSA) is 15.3 Å². The van der Waals surface area contributed by atoms with Crippen molar-refractivity contribution < 1.29 is 4.39 Å². The molecule has 1 aromatic rings. The first-order valence-electron chi connectivity index (χ1n) is 8.45. The van der Waals surface area contributed by atoms with E-state index in [1.807, 2.05) is 12.1 Å². The van der Waals surface area contributed by atoms with Crippen LogP contribution < -0.4 is 5.32 Å². The van der Waals surface area contributed by atoms with Crippen molar-refractivity contribution in [3.05, 3.63) is 35.6 Å². The van der Waals surface area contributed by atoms with Crippen LogP contribution in [0.4, 0.5) is 4.39 Å². The number of halogens is 1. The Hall–Kier alpha value is -0.930. The largest absolute Gasteiger partial charge is 0.311 e. The number of hydrogen-bond donors (Lipinski definition) is 1. The van der Waals surface area contributed by atoms with Gasteiger partial charge in [0.25, 0.3) is 0 Å². The molecule has 3 heteroatoms. The molecular weight excluding hydrogens is 263 g/mol. The molecule has 1 N–H and O–H groups in total. The maximum absolute atomic E-state index is 14.0. The van der Waals surface area contributed by atoms with E-state index in [2.05, 4.69) is 17.1 Å². The van der Waals surface area contributed by atoms with Gasteiger partial charge in [-0.15, -0.1) is 0 Å². The average molecular weight is 290 g/mol. The van der Waals surface area contributed by atoms with Gasteiger partial charge in [0, 0.05) is 36.8 Å². The third-order valence-electron chi connectivity index (χ3n) is 5.43. The van der Waals surface area contributed by atoms with Crippen molar-refractivity contribution in [1.29, 1.82) is 0 Å². The molecule has 1 unspecified atom stereocenters. The number of nitrogens with one attached hydrogen (secondary N) is 1. The summed E-state index contributed by atoms with van der Waals surface area (Å²) in [5.74, 6) is -0.0601. The standard InChI is InChI=1S/C18H27FN2/c1-2-16-13-21(12-15-8-4-5-9-17(15)19)18(14-20-16)10-6-3-7-11-18/h4-5,8-9,16,20H,2-3,6-7,10-14H2,1H3. The van der Waals surface area contributed by atoms with E-state index in [0.717, 1.165) is 31.6 Å². The molecule has 2 fully saturated rings. The van der Waals surface area contributed by atoms with Gasteiger partial charge in [-0.2, -0.15) is 0 Å². The zero-order valence-corrected chi connectivity index (χ0v) is 13.1. The SMILES string of the molecule is CCC1CN(Cc2ccccc2F)C2(CCCCC2)CN1. The quantitative estimate of drug-likeness (QED) is 0.913. The smallest absolute Gasteiger partial charge is 0.127 e. The van der Waals surface area contributed by atoms with E-state index in [4.69, 9.17) is 0 Å². The van der Waals surface area contributed by atoms with Gasteiger partial charge in [0.05, 0.1) is 0 Å². The van der Waals surface area contributed by atoms with Crippen LogP contribution in [0.3, 0.4) is 0 Å². The van der Waals surface area contributed by atoms with Crippen molar-refractivity contribution in [3.63, 3.8) is 0 Å². The van der Waals surface area contributed by atoms with Crippen molar-refractivity contribution in [1.82, 2.24) is 10.2 Å². The maximum atomic E-state index is 14.0. The van der Waals surface area contributed by atoms with E-state index in [-0.39, 0.29) is 11.4 Å². The summed E-state index contributed by atoms with van der Waals surface area (Å²) >= 11 is 0. The lowest BCUT2D eigenvalue weighted by Crippen LogP contribution is -2.64. The molecule has 1 aromatic carbocycles. The van der Waals surface area contributed by atoms with Crippen LogP contribution in [0.1, 0.15) is 51.0 Å². The Balaban J connectivity index is 1.81. The van der Waals surface area contributed by atoms with E-state index >= 15 is 0 Å². The molecule has 1 saturated heterocycles. The second-order valence-electron chi connectivity index (χ2n) is 6.74. The van der Waals surface area contributed by atoms with Crippen LogP contribution in [0.2, 0.25) is 0 Å². The Morgan fingerprint density at radius 3 is 2.71 bits per heavy atom. The number of hydrogen-bond acceptors (Lipinski definition) is 2. The molecule has 1 atom stereocenters. The molecule has 1 saturated carbocycles. The lowest BCUT2D eigenvalue weighted by Gasteiger charge is -2.52. The first-order valence-corrected chi connectivity index (χ1v) is 8.45. The lowest BCUT2D eigenvalue weighted by molar-refractivity contribution is 0.00206.